The van der Waals surface area contributed by atoms with E-state index in [0.29, 0.717) is 45.4 Å². The van der Waals surface area contributed by atoms with Crippen LogP contribution in [0.2, 0.25) is 0 Å². The van der Waals surface area contributed by atoms with E-state index in [1.807, 2.05) is 52.0 Å². The summed E-state index contributed by atoms with van der Waals surface area (Å²) >= 11 is 0. The standard InChI is InChI=1S/C40H38N4O10S2/c1-25(2)37-35(39(45)43(41-37)29-9-17-33(18-10-29)55(47,48)49)23-27-5-13-31(14-6-27)53-21-22-54-32-15-7-28(8-16-32)24-36-38(26(3)4)42-44(40(36)46)30-11-19-34(20-12-30)56(50,51)52/h5-20,23-26H,21-22H2,1-4H3,(H,47,48,49)(H,50,51,52). The van der Waals surface area contributed by atoms with Crippen LogP contribution in [0.15, 0.2) is 128 Å². The second-order valence-electron chi connectivity index (χ2n) is 13.4. The van der Waals surface area contributed by atoms with Crippen molar-refractivity contribution in [2.75, 3.05) is 23.2 Å². The summed E-state index contributed by atoms with van der Waals surface area (Å²) in [6.45, 7) is 8.18. The number of benzene rings is 4. The molecule has 14 nitrogen and oxygen atoms in total. The molecule has 0 saturated heterocycles. The maximum absolute atomic E-state index is 13.4. The number of hydrogen-bond acceptors (Lipinski definition) is 10. The van der Waals surface area contributed by atoms with Crippen molar-refractivity contribution >= 4 is 67.0 Å². The molecule has 4 aromatic rings. The highest BCUT2D eigenvalue weighted by Crippen LogP contribution is 2.31. The summed E-state index contributed by atoms with van der Waals surface area (Å²) in [6.07, 6.45) is 3.48. The first-order chi connectivity index (χ1) is 26.5. The number of amides is 2. The maximum Gasteiger partial charge on any atom is 0.294 e. The number of carbonyl (C=O) groups excluding carboxylic acids is 2. The van der Waals surface area contributed by atoms with Crippen LogP contribution < -0.4 is 19.5 Å². The van der Waals surface area contributed by atoms with Gasteiger partial charge in [-0.1, -0.05) is 52.0 Å². The van der Waals surface area contributed by atoms with Crippen LogP contribution in [-0.4, -0.2) is 62.4 Å². The molecular formula is C40H38N4O10S2. The molecule has 2 N–H and O–H groups in total. The van der Waals surface area contributed by atoms with Gasteiger partial charge in [0.25, 0.3) is 32.1 Å². The van der Waals surface area contributed by atoms with E-state index in [1.54, 1.807) is 36.4 Å². The number of anilines is 2. The minimum atomic E-state index is -4.37. The fourth-order valence-corrected chi connectivity index (χ4v) is 6.79. The Balaban J connectivity index is 1.03. The lowest BCUT2D eigenvalue weighted by Gasteiger charge is -2.12. The first-order valence-corrected chi connectivity index (χ1v) is 20.3. The Hall–Kier alpha value is -5.94. The highest BCUT2D eigenvalue weighted by Gasteiger charge is 2.34. The van der Waals surface area contributed by atoms with Crippen molar-refractivity contribution < 1.29 is 45.0 Å². The van der Waals surface area contributed by atoms with E-state index in [4.69, 9.17) is 9.47 Å². The summed E-state index contributed by atoms with van der Waals surface area (Å²) in [5, 5.41) is 11.4. The van der Waals surface area contributed by atoms with Crippen LogP contribution in [0.4, 0.5) is 11.4 Å². The van der Waals surface area contributed by atoms with E-state index in [-0.39, 0.29) is 46.7 Å². The van der Waals surface area contributed by atoms with Crippen LogP contribution >= 0.6 is 0 Å². The van der Waals surface area contributed by atoms with E-state index in [9.17, 15) is 35.5 Å². The van der Waals surface area contributed by atoms with Crippen LogP contribution in [0.25, 0.3) is 12.2 Å². The van der Waals surface area contributed by atoms with Crippen molar-refractivity contribution in [2.24, 2.45) is 22.0 Å². The number of carbonyl (C=O) groups is 2. The zero-order valence-electron chi connectivity index (χ0n) is 30.7. The smallest absolute Gasteiger partial charge is 0.294 e. The molecule has 0 radical (unpaired) electrons. The zero-order chi connectivity index (χ0) is 40.4. The molecular weight excluding hydrogens is 761 g/mol. The second kappa shape index (κ2) is 16.0. The molecule has 0 aliphatic carbocycles. The summed E-state index contributed by atoms with van der Waals surface area (Å²) in [6, 6.07) is 24.8. The Labute approximate surface area is 324 Å². The molecule has 2 aliphatic heterocycles. The van der Waals surface area contributed by atoms with Gasteiger partial charge in [0.15, 0.2) is 0 Å². The molecule has 0 saturated carbocycles. The van der Waals surface area contributed by atoms with Gasteiger partial charge in [-0.3, -0.25) is 18.7 Å². The maximum atomic E-state index is 13.4. The molecule has 56 heavy (non-hydrogen) atoms. The van der Waals surface area contributed by atoms with Crippen molar-refractivity contribution in [1.29, 1.82) is 0 Å². The van der Waals surface area contributed by atoms with E-state index in [0.717, 1.165) is 11.1 Å². The number of hydrazone groups is 2. The highest BCUT2D eigenvalue weighted by atomic mass is 32.2. The minimum absolute atomic E-state index is 0.0755. The SMILES string of the molecule is CC(C)C1=NN(c2ccc(S(=O)(=O)O)cc2)C(=O)C1=Cc1ccc(OCCOc2ccc(C=C3C(=O)N(c4ccc(S(=O)(=O)O)cc4)N=C3C(C)C)cc2)cc1. The first kappa shape index (κ1) is 39.7. The number of ether oxygens (including phenoxy) is 2. The Kier molecular flexibility index (Phi) is 11.4. The van der Waals surface area contributed by atoms with Gasteiger partial charge in [-0.2, -0.15) is 37.1 Å². The van der Waals surface area contributed by atoms with Gasteiger partial charge in [-0.25, -0.2) is 0 Å². The first-order valence-electron chi connectivity index (χ1n) is 17.4. The van der Waals surface area contributed by atoms with Crippen LogP contribution in [0, 0.1) is 11.8 Å². The molecule has 16 heteroatoms. The largest absolute Gasteiger partial charge is 0.490 e. The Morgan fingerprint density at radius 1 is 0.554 bits per heavy atom. The molecule has 6 rings (SSSR count). The third-order valence-corrected chi connectivity index (χ3v) is 10.4. The van der Waals surface area contributed by atoms with Crippen molar-refractivity contribution in [3.63, 3.8) is 0 Å². The Bertz CT molecular complexity index is 2310. The van der Waals surface area contributed by atoms with Crippen molar-refractivity contribution in [3.05, 3.63) is 119 Å². The van der Waals surface area contributed by atoms with E-state index in [2.05, 4.69) is 10.2 Å². The predicted octanol–water partition coefficient (Wildman–Crippen LogP) is 6.52. The molecule has 0 fully saturated rings. The lowest BCUT2D eigenvalue weighted by atomic mass is 9.98. The minimum Gasteiger partial charge on any atom is -0.490 e. The van der Waals surface area contributed by atoms with Gasteiger partial charge in [0, 0.05) is 0 Å². The summed E-state index contributed by atoms with van der Waals surface area (Å²) in [5.74, 6) is 0.309. The molecule has 2 heterocycles. The third kappa shape index (κ3) is 8.95. The highest BCUT2D eigenvalue weighted by molar-refractivity contribution is 7.86. The normalized spacial score (nSPS) is 16.4. The number of rotatable bonds is 13. The molecule has 0 atom stereocenters. The Morgan fingerprint density at radius 3 is 1.16 bits per heavy atom. The van der Waals surface area contributed by atoms with E-state index < -0.39 is 20.2 Å². The average molecular weight is 799 g/mol. The van der Waals surface area contributed by atoms with Crippen LogP contribution in [0.3, 0.4) is 0 Å². The number of hydrogen-bond donors (Lipinski definition) is 2. The van der Waals surface area contributed by atoms with Gasteiger partial charge < -0.3 is 9.47 Å². The zero-order valence-corrected chi connectivity index (χ0v) is 32.4. The molecule has 0 spiro atoms. The Morgan fingerprint density at radius 2 is 0.875 bits per heavy atom. The quantitative estimate of drug-likeness (QED) is 0.0855. The van der Waals surface area contributed by atoms with Gasteiger partial charge in [-0.05, 0) is 108 Å². The summed E-state index contributed by atoms with van der Waals surface area (Å²) in [7, 11) is -8.75. The van der Waals surface area contributed by atoms with Crippen molar-refractivity contribution in [1.82, 2.24) is 0 Å². The van der Waals surface area contributed by atoms with E-state index >= 15 is 0 Å². The van der Waals surface area contributed by atoms with Gasteiger partial charge in [-0.15, -0.1) is 0 Å². The van der Waals surface area contributed by atoms with Gasteiger partial charge in [0.2, 0.25) is 0 Å². The van der Waals surface area contributed by atoms with Crippen LogP contribution in [0.5, 0.6) is 11.5 Å². The fraction of sp³-hybridized carbons (Fsp3) is 0.200. The molecule has 0 aromatic heterocycles. The summed E-state index contributed by atoms with van der Waals surface area (Å²) in [4.78, 5) is 26.2. The van der Waals surface area contributed by atoms with Crippen molar-refractivity contribution in [3.8, 4) is 11.5 Å². The van der Waals surface area contributed by atoms with E-state index in [1.165, 1.54) is 58.5 Å². The molecule has 290 valence electrons. The fourth-order valence-electron chi connectivity index (χ4n) is 5.83. The topological polar surface area (TPSA) is 193 Å². The molecule has 0 bridgehead atoms. The number of nitrogens with zero attached hydrogens (tertiary/aromatic N) is 4. The molecule has 4 aromatic carbocycles. The molecule has 2 amide bonds. The second-order valence-corrected chi connectivity index (χ2v) is 16.2. The van der Waals surface area contributed by atoms with Crippen LogP contribution in [0.1, 0.15) is 38.8 Å². The van der Waals surface area contributed by atoms with Gasteiger partial charge in [0.05, 0.1) is 43.7 Å². The lowest BCUT2D eigenvalue weighted by Crippen LogP contribution is -2.21. The summed E-state index contributed by atoms with van der Waals surface area (Å²) in [5.41, 5.74) is 4.17. The van der Waals surface area contributed by atoms with Crippen LogP contribution in [-0.2, 0) is 29.8 Å². The monoisotopic (exact) mass is 798 g/mol. The van der Waals surface area contributed by atoms with Crippen molar-refractivity contribution in [2.45, 2.75) is 37.5 Å². The predicted molar refractivity (Wildman–Crippen MR) is 212 cm³/mol. The average Bonchev–Trinajstić information content (AvgIpc) is 3.66. The lowest BCUT2D eigenvalue weighted by molar-refractivity contribution is -0.115. The molecule has 0 unspecified atom stereocenters. The molecule has 2 aliphatic rings. The summed E-state index contributed by atoms with van der Waals surface area (Å²) < 4.78 is 76.0. The van der Waals surface area contributed by atoms with Gasteiger partial charge in [0.1, 0.15) is 24.7 Å². The van der Waals surface area contributed by atoms with Gasteiger partial charge >= 0.3 is 0 Å². The third-order valence-electron chi connectivity index (χ3n) is 8.67.